The molecule has 3 aliphatic heterocycles. The van der Waals surface area contributed by atoms with Crippen molar-refractivity contribution in [2.75, 3.05) is 26.7 Å². The van der Waals surface area contributed by atoms with Gasteiger partial charge in [0.05, 0.1) is 12.7 Å². The van der Waals surface area contributed by atoms with E-state index >= 15 is 0 Å². The molecule has 0 spiro atoms. The number of aromatic nitrogens is 2. The lowest BCUT2D eigenvalue weighted by Gasteiger charge is -2.51. The van der Waals surface area contributed by atoms with E-state index in [-0.39, 0.29) is 54.3 Å². The zero-order chi connectivity index (χ0) is 32.9. The predicted octanol–water partition coefficient (Wildman–Crippen LogP) is 2.77. The van der Waals surface area contributed by atoms with Crippen LogP contribution in [0.25, 0.3) is 11.4 Å². The van der Waals surface area contributed by atoms with Gasteiger partial charge in [-0.3, -0.25) is 19.2 Å². The minimum Gasteiger partial charge on any atom is -0.496 e. The Morgan fingerprint density at radius 3 is 2.62 bits per heavy atom. The molecule has 4 heterocycles. The van der Waals surface area contributed by atoms with Crippen LogP contribution in [0.1, 0.15) is 50.5 Å². The van der Waals surface area contributed by atoms with Gasteiger partial charge in [-0.2, -0.15) is 4.98 Å². The van der Waals surface area contributed by atoms with Crippen LogP contribution in [-0.2, 0) is 32.0 Å². The Hall–Kier alpha value is -4.74. The predicted molar refractivity (Wildman–Crippen MR) is 172 cm³/mol. The first-order valence-electron chi connectivity index (χ1n) is 16.5. The summed E-state index contributed by atoms with van der Waals surface area (Å²) in [6, 6.07) is 15.4. The smallest absolute Gasteiger partial charge is 0.245 e. The molecule has 3 aliphatic rings. The number of rotatable bonds is 7. The molecule has 0 radical (unpaired) electrons. The molecule has 6 rings (SSSR count). The van der Waals surface area contributed by atoms with Crippen LogP contribution in [0.4, 0.5) is 0 Å². The lowest BCUT2D eigenvalue weighted by Crippen LogP contribution is -2.63. The van der Waals surface area contributed by atoms with Gasteiger partial charge in [0.25, 0.3) is 0 Å². The summed E-state index contributed by atoms with van der Waals surface area (Å²) in [5.74, 6) is 0.941. The maximum atomic E-state index is 14.3. The molecule has 12 nitrogen and oxygen atoms in total. The third-order valence-electron chi connectivity index (χ3n) is 9.55. The van der Waals surface area contributed by atoms with Gasteiger partial charge in [-0.1, -0.05) is 47.6 Å². The van der Waals surface area contributed by atoms with Crippen molar-refractivity contribution in [3.8, 4) is 17.1 Å². The number of nitrogens with one attached hydrogen (secondary N) is 2. The first-order chi connectivity index (χ1) is 22.8. The number of nitrogens with zero attached hydrogens (tertiary/aromatic N) is 4. The second-order valence-corrected chi connectivity index (χ2v) is 12.9. The summed E-state index contributed by atoms with van der Waals surface area (Å²) >= 11 is 0. The number of carbonyl (C=O) groups excluding carboxylic acids is 4. The quantitative estimate of drug-likeness (QED) is 0.400. The van der Waals surface area contributed by atoms with E-state index < -0.39 is 12.1 Å². The van der Waals surface area contributed by atoms with E-state index in [0.29, 0.717) is 68.3 Å². The van der Waals surface area contributed by atoms with Crippen LogP contribution in [0.2, 0.25) is 0 Å². The number of likely N-dealkylation sites (tertiary alicyclic amines) is 1. The maximum absolute atomic E-state index is 14.3. The van der Waals surface area contributed by atoms with E-state index in [4.69, 9.17) is 9.26 Å². The highest BCUT2D eigenvalue weighted by molar-refractivity contribution is 5.92. The fourth-order valence-corrected chi connectivity index (χ4v) is 7.24. The summed E-state index contributed by atoms with van der Waals surface area (Å²) in [4.78, 5) is 61.9. The Morgan fingerprint density at radius 2 is 1.81 bits per heavy atom. The molecule has 47 heavy (non-hydrogen) atoms. The molecular formula is C35H42N6O6. The molecular weight excluding hydrogens is 600 g/mol. The lowest BCUT2D eigenvalue weighted by atomic mass is 9.77. The molecule has 4 amide bonds. The summed E-state index contributed by atoms with van der Waals surface area (Å²) < 4.78 is 10.9. The molecule has 0 saturated carbocycles. The van der Waals surface area contributed by atoms with Gasteiger partial charge in [0.1, 0.15) is 17.8 Å². The number of amides is 4. The standard InChI is InChI=1S/C35H42N6O6/c1-22-34(44)37-27(18-23-9-4-3-5-10-23)35(45)41-20-24-17-25(28(41)12-8-14-30(42)36-22)21-40(19-24)32(43)16-15-31-38-33(39-47-31)26-11-6-7-13-29(26)46-2/h3-7,9-11,13,22,24-25,27-28H,8,12,14-21H2,1-2H3,(H,36,42)(H,37,44)/t22-,24+,25-,27+,28+/m1/s1. The van der Waals surface area contributed by atoms with Gasteiger partial charge < -0.3 is 29.7 Å². The molecule has 5 atom stereocenters. The minimum absolute atomic E-state index is 0.00672. The molecule has 3 saturated heterocycles. The largest absolute Gasteiger partial charge is 0.496 e. The van der Waals surface area contributed by atoms with E-state index in [9.17, 15) is 19.2 Å². The molecule has 1 aromatic heterocycles. The molecule has 2 N–H and O–H groups in total. The van der Waals surface area contributed by atoms with Crippen molar-refractivity contribution in [2.45, 2.75) is 70.0 Å². The van der Waals surface area contributed by atoms with Crippen molar-refractivity contribution in [3.63, 3.8) is 0 Å². The Bertz CT molecular complexity index is 1590. The number of piperidine rings is 2. The van der Waals surface area contributed by atoms with Gasteiger partial charge in [-0.15, -0.1) is 0 Å². The summed E-state index contributed by atoms with van der Waals surface area (Å²) in [5.41, 5.74) is 1.66. The molecule has 2 bridgehead atoms. The number of benzene rings is 2. The fourth-order valence-electron chi connectivity index (χ4n) is 7.24. The highest BCUT2D eigenvalue weighted by Gasteiger charge is 2.45. The minimum atomic E-state index is -0.766. The number of para-hydroxylation sites is 1. The summed E-state index contributed by atoms with van der Waals surface area (Å²) in [5, 5.41) is 9.81. The SMILES string of the molecule is COc1ccccc1-c1noc(CCC(=O)N2C[C@@H]3C[C@H](C2)[C@@H]2CCCC(=O)N[C@H](C)C(=O)N[C@@H](Cc4ccccc4)C(=O)N2C3)n1. The van der Waals surface area contributed by atoms with E-state index in [0.717, 1.165) is 12.0 Å². The van der Waals surface area contributed by atoms with Gasteiger partial charge in [-0.25, -0.2) is 0 Å². The third-order valence-corrected chi connectivity index (χ3v) is 9.55. The van der Waals surface area contributed by atoms with Crippen LogP contribution in [0.5, 0.6) is 5.75 Å². The van der Waals surface area contributed by atoms with Gasteiger partial charge in [0.15, 0.2) is 0 Å². The second kappa shape index (κ2) is 14.4. The molecule has 0 unspecified atom stereocenters. The van der Waals surface area contributed by atoms with Crippen molar-refractivity contribution in [1.82, 2.24) is 30.6 Å². The highest BCUT2D eigenvalue weighted by Crippen LogP contribution is 2.36. The van der Waals surface area contributed by atoms with Crippen molar-refractivity contribution >= 4 is 23.6 Å². The zero-order valence-corrected chi connectivity index (χ0v) is 26.9. The van der Waals surface area contributed by atoms with Crippen LogP contribution in [-0.4, -0.2) is 88.4 Å². The summed E-state index contributed by atoms with van der Waals surface area (Å²) in [6.07, 6.45) is 3.29. The number of hydrogen-bond donors (Lipinski definition) is 2. The van der Waals surface area contributed by atoms with E-state index in [1.165, 1.54) is 0 Å². The van der Waals surface area contributed by atoms with Crippen molar-refractivity contribution < 1.29 is 28.4 Å². The van der Waals surface area contributed by atoms with E-state index in [2.05, 4.69) is 20.8 Å². The topological polar surface area (TPSA) is 147 Å². The number of methoxy groups -OCH3 is 1. The summed E-state index contributed by atoms with van der Waals surface area (Å²) in [7, 11) is 1.59. The Morgan fingerprint density at radius 1 is 1.02 bits per heavy atom. The van der Waals surface area contributed by atoms with Gasteiger partial charge in [0, 0.05) is 51.4 Å². The van der Waals surface area contributed by atoms with Gasteiger partial charge in [-0.05, 0) is 55.7 Å². The van der Waals surface area contributed by atoms with Crippen LogP contribution in [0.15, 0.2) is 59.1 Å². The zero-order valence-electron chi connectivity index (χ0n) is 26.9. The van der Waals surface area contributed by atoms with Crippen LogP contribution in [0, 0.1) is 11.8 Å². The molecule has 2 aromatic carbocycles. The van der Waals surface area contributed by atoms with Gasteiger partial charge >= 0.3 is 0 Å². The number of fused-ring (bicyclic) bond motifs is 4. The molecule has 12 heteroatoms. The number of hydrogen-bond acceptors (Lipinski definition) is 8. The normalized spacial score (nSPS) is 25.1. The van der Waals surface area contributed by atoms with Crippen LogP contribution < -0.4 is 15.4 Å². The second-order valence-electron chi connectivity index (χ2n) is 12.9. The average Bonchev–Trinajstić information content (AvgIpc) is 3.56. The van der Waals surface area contributed by atoms with E-state index in [1.807, 2.05) is 64.4 Å². The van der Waals surface area contributed by atoms with E-state index in [1.54, 1.807) is 14.0 Å². The van der Waals surface area contributed by atoms with Gasteiger partial charge in [0.2, 0.25) is 35.3 Å². The number of aryl methyl sites for hydroxylation is 1. The maximum Gasteiger partial charge on any atom is 0.245 e. The Labute approximate surface area is 274 Å². The van der Waals surface area contributed by atoms with Crippen molar-refractivity contribution in [3.05, 3.63) is 66.1 Å². The lowest BCUT2D eigenvalue weighted by molar-refractivity contribution is -0.149. The monoisotopic (exact) mass is 642 g/mol. The summed E-state index contributed by atoms with van der Waals surface area (Å²) in [6.45, 7) is 3.22. The molecule has 0 aliphatic carbocycles. The highest BCUT2D eigenvalue weighted by atomic mass is 16.5. The van der Waals surface area contributed by atoms with Crippen LogP contribution in [0.3, 0.4) is 0 Å². The first-order valence-corrected chi connectivity index (χ1v) is 16.5. The molecule has 3 fully saturated rings. The van der Waals surface area contributed by atoms with Crippen molar-refractivity contribution in [2.24, 2.45) is 11.8 Å². The molecule has 3 aromatic rings. The Kier molecular flexibility index (Phi) is 9.84. The fraction of sp³-hybridized carbons (Fsp3) is 0.486. The number of ether oxygens (including phenoxy) is 1. The molecule has 248 valence electrons. The average molecular weight is 643 g/mol. The first kappa shape index (κ1) is 32.2. The van der Waals surface area contributed by atoms with Crippen molar-refractivity contribution in [1.29, 1.82) is 0 Å². The van der Waals surface area contributed by atoms with Crippen LogP contribution >= 0.6 is 0 Å². The third kappa shape index (κ3) is 7.47. The Balaban J connectivity index is 1.15. The number of carbonyl (C=O) groups is 4.